The maximum absolute atomic E-state index is 5.69. The van der Waals surface area contributed by atoms with E-state index in [0.29, 0.717) is 11.0 Å². The van der Waals surface area contributed by atoms with E-state index in [4.69, 9.17) is 11.6 Å². The van der Waals surface area contributed by atoms with Crippen molar-refractivity contribution in [3.05, 3.63) is 65.3 Å². The first kappa shape index (κ1) is 13.5. The molecule has 3 rings (SSSR count). The summed E-state index contributed by atoms with van der Waals surface area (Å²) >= 11 is 5.69. The minimum Gasteiger partial charge on any atom is -0.260 e. The van der Waals surface area contributed by atoms with Crippen LogP contribution >= 0.6 is 11.6 Å². The Balaban J connectivity index is 1.83. The van der Waals surface area contributed by atoms with Gasteiger partial charge in [0.15, 0.2) is 11.0 Å². The highest BCUT2D eigenvalue weighted by molar-refractivity contribution is 6.29. The van der Waals surface area contributed by atoms with Gasteiger partial charge in [0.2, 0.25) is 0 Å². The Labute approximate surface area is 127 Å². The zero-order valence-corrected chi connectivity index (χ0v) is 12.2. The van der Waals surface area contributed by atoms with Gasteiger partial charge in [-0.15, -0.1) is 10.2 Å². The van der Waals surface area contributed by atoms with E-state index in [1.807, 2.05) is 19.1 Å². The third-order valence-electron chi connectivity index (χ3n) is 3.14. The van der Waals surface area contributed by atoms with Crippen molar-refractivity contribution in [1.29, 1.82) is 0 Å². The van der Waals surface area contributed by atoms with Gasteiger partial charge < -0.3 is 0 Å². The van der Waals surface area contributed by atoms with Crippen molar-refractivity contribution < 1.29 is 0 Å². The number of hydrogen-bond acceptors (Lipinski definition) is 4. The average molecular weight is 297 g/mol. The molecule has 0 saturated carbocycles. The molecule has 104 valence electrons. The lowest BCUT2D eigenvalue weighted by molar-refractivity contribution is 1.02. The van der Waals surface area contributed by atoms with Gasteiger partial charge in [-0.25, -0.2) is 0 Å². The van der Waals surface area contributed by atoms with Crippen molar-refractivity contribution in [3.8, 4) is 0 Å². The van der Waals surface area contributed by atoms with Crippen LogP contribution in [0.2, 0.25) is 5.15 Å². The molecule has 0 spiro atoms. The van der Waals surface area contributed by atoms with Gasteiger partial charge >= 0.3 is 0 Å². The maximum Gasteiger partial charge on any atom is 0.168 e. The van der Waals surface area contributed by atoms with Gasteiger partial charge in [0.25, 0.3) is 0 Å². The SMILES string of the molecule is C/C(=N\Nc1ccc(Cl)nn1)c1ccc2ccccc2c1. The summed E-state index contributed by atoms with van der Waals surface area (Å²) in [6, 6.07) is 17.9. The van der Waals surface area contributed by atoms with E-state index in [-0.39, 0.29) is 0 Å². The zero-order valence-electron chi connectivity index (χ0n) is 11.4. The summed E-state index contributed by atoms with van der Waals surface area (Å²) in [6.07, 6.45) is 0. The highest BCUT2D eigenvalue weighted by Gasteiger charge is 2.00. The van der Waals surface area contributed by atoms with Crippen molar-refractivity contribution in [2.75, 3.05) is 5.43 Å². The third-order valence-corrected chi connectivity index (χ3v) is 3.34. The van der Waals surface area contributed by atoms with E-state index < -0.39 is 0 Å². The van der Waals surface area contributed by atoms with Crippen LogP contribution in [0.25, 0.3) is 10.8 Å². The van der Waals surface area contributed by atoms with Crippen LogP contribution in [0.1, 0.15) is 12.5 Å². The highest BCUT2D eigenvalue weighted by Crippen LogP contribution is 2.16. The summed E-state index contributed by atoms with van der Waals surface area (Å²) in [4.78, 5) is 0. The molecule has 5 heteroatoms. The van der Waals surface area contributed by atoms with Crippen molar-refractivity contribution in [2.24, 2.45) is 5.10 Å². The van der Waals surface area contributed by atoms with Crippen molar-refractivity contribution in [3.63, 3.8) is 0 Å². The van der Waals surface area contributed by atoms with Crippen LogP contribution in [0.5, 0.6) is 0 Å². The Kier molecular flexibility index (Phi) is 3.79. The Bertz CT molecular complexity index is 797. The van der Waals surface area contributed by atoms with Gasteiger partial charge in [-0.2, -0.15) is 5.10 Å². The molecule has 4 nitrogen and oxygen atoms in total. The summed E-state index contributed by atoms with van der Waals surface area (Å²) < 4.78 is 0. The van der Waals surface area contributed by atoms with Crippen molar-refractivity contribution in [1.82, 2.24) is 10.2 Å². The Morgan fingerprint density at radius 2 is 1.81 bits per heavy atom. The van der Waals surface area contributed by atoms with Gasteiger partial charge in [-0.1, -0.05) is 48.0 Å². The normalized spacial score (nSPS) is 11.6. The monoisotopic (exact) mass is 296 g/mol. The Hall–Kier alpha value is -2.46. The van der Waals surface area contributed by atoms with Crippen LogP contribution in [0.15, 0.2) is 59.7 Å². The van der Waals surface area contributed by atoms with E-state index >= 15 is 0 Å². The van der Waals surface area contributed by atoms with Crippen LogP contribution in [0.3, 0.4) is 0 Å². The number of hydrazone groups is 1. The van der Waals surface area contributed by atoms with E-state index in [2.05, 4.69) is 51.1 Å². The van der Waals surface area contributed by atoms with Crippen molar-refractivity contribution in [2.45, 2.75) is 6.92 Å². The standard InChI is InChI=1S/C16H13ClN4/c1-11(18-20-16-9-8-15(17)19-21-16)13-7-6-12-4-2-3-5-14(12)10-13/h2-10H,1H3,(H,20,21)/b18-11+. The summed E-state index contributed by atoms with van der Waals surface area (Å²) in [6.45, 7) is 1.94. The van der Waals surface area contributed by atoms with Gasteiger partial charge in [0.05, 0.1) is 5.71 Å². The first-order valence-corrected chi connectivity index (χ1v) is 6.89. The van der Waals surface area contributed by atoms with Gasteiger partial charge in [-0.05, 0) is 41.5 Å². The largest absolute Gasteiger partial charge is 0.260 e. The number of fused-ring (bicyclic) bond motifs is 1. The Morgan fingerprint density at radius 1 is 1.00 bits per heavy atom. The minimum atomic E-state index is 0.357. The molecule has 0 unspecified atom stereocenters. The second-order valence-electron chi connectivity index (χ2n) is 4.61. The van der Waals surface area contributed by atoms with Gasteiger partial charge in [0.1, 0.15) is 0 Å². The lowest BCUT2D eigenvalue weighted by atomic mass is 10.0. The first-order valence-electron chi connectivity index (χ1n) is 6.51. The lowest BCUT2D eigenvalue weighted by Crippen LogP contribution is -2.01. The van der Waals surface area contributed by atoms with E-state index in [9.17, 15) is 0 Å². The highest BCUT2D eigenvalue weighted by atomic mass is 35.5. The second kappa shape index (κ2) is 5.89. The first-order chi connectivity index (χ1) is 10.2. The molecule has 0 radical (unpaired) electrons. The molecule has 0 fully saturated rings. The molecule has 0 amide bonds. The molecule has 0 aliphatic rings. The smallest absolute Gasteiger partial charge is 0.168 e. The number of rotatable bonds is 3. The van der Waals surface area contributed by atoms with E-state index in [1.165, 1.54) is 10.8 Å². The van der Waals surface area contributed by atoms with Gasteiger partial charge in [0, 0.05) is 0 Å². The molecule has 0 atom stereocenters. The van der Waals surface area contributed by atoms with Gasteiger partial charge in [-0.3, -0.25) is 5.43 Å². The number of hydrogen-bond donors (Lipinski definition) is 1. The summed E-state index contributed by atoms with van der Waals surface area (Å²) in [5, 5.41) is 14.7. The fourth-order valence-electron chi connectivity index (χ4n) is 2.00. The number of aromatic nitrogens is 2. The molecule has 2 aromatic carbocycles. The molecule has 0 saturated heterocycles. The molecular formula is C16H13ClN4. The lowest BCUT2D eigenvalue weighted by Gasteiger charge is -2.04. The van der Waals surface area contributed by atoms with Crippen LogP contribution < -0.4 is 5.43 Å². The fourth-order valence-corrected chi connectivity index (χ4v) is 2.10. The molecule has 0 aliphatic heterocycles. The van der Waals surface area contributed by atoms with Crippen LogP contribution in [0, 0.1) is 0 Å². The number of nitrogens with zero attached hydrogens (tertiary/aromatic N) is 3. The maximum atomic E-state index is 5.69. The molecule has 1 N–H and O–H groups in total. The number of nitrogens with one attached hydrogen (secondary N) is 1. The quantitative estimate of drug-likeness (QED) is 0.584. The second-order valence-corrected chi connectivity index (χ2v) is 5.00. The zero-order chi connectivity index (χ0) is 14.7. The molecule has 1 heterocycles. The van der Waals surface area contributed by atoms with Crippen LogP contribution in [0.4, 0.5) is 5.82 Å². The van der Waals surface area contributed by atoms with E-state index in [0.717, 1.165) is 11.3 Å². The molecule has 3 aromatic rings. The summed E-state index contributed by atoms with van der Waals surface area (Å²) in [5.41, 5.74) is 4.81. The summed E-state index contributed by atoms with van der Waals surface area (Å²) in [7, 11) is 0. The molecule has 0 aliphatic carbocycles. The predicted octanol–water partition coefficient (Wildman–Crippen LogP) is 4.12. The topological polar surface area (TPSA) is 50.2 Å². The average Bonchev–Trinajstić information content (AvgIpc) is 2.53. The third kappa shape index (κ3) is 3.17. The van der Waals surface area contributed by atoms with Crippen LogP contribution in [-0.2, 0) is 0 Å². The van der Waals surface area contributed by atoms with Crippen LogP contribution in [-0.4, -0.2) is 15.9 Å². The Morgan fingerprint density at radius 3 is 2.57 bits per heavy atom. The minimum absolute atomic E-state index is 0.357. The number of halogens is 1. The predicted molar refractivity (Wildman–Crippen MR) is 86.8 cm³/mol. The molecular weight excluding hydrogens is 284 g/mol. The molecule has 1 aromatic heterocycles. The van der Waals surface area contributed by atoms with Crippen molar-refractivity contribution >= 4 is 33.9 Å². The number of anilines is 1. The number of benzene rings is 2. The molecule has 21 heavy (non-hydrogen) atoms. The fraction of sp³-hybridized carbons (Fsp3) is 0.0625. The summed E-state index contributed by atoms with van der Waals surface area (Å²) in [5.74, 6) is 0.555. The van der Waals surface area contributed by atoms with E-state index in [1.54, 1.807) is 12.1 Å². The molecule has 0 bridgehead atoms.